The topological polar surface area (TPSA) is 54.0 Å². The number of benzene rings is 1. The summed E-state index contributed by atoms with van der Waals surface area (Å²) in [5, 5.41) is 6.12. The number of aromatic nitrogens is 1. The van der Waals surface area contributed by atoms with Crippen molar-refractivity contribution in [3.05, 3.63) is 59.8 Å². The van der Waals surface area contributed by atoms with Crippen molar-refractivity contribution >= 4 is 11.7 Å². The van der Waals surface area contributed by atoms with E-state index in [1.807, 2.05) is 25.1 Å². The van der Waals surface area contributed by atoms with Gasteiger partial charge in [-0.2, -0.15) is 0 Å². The molecule has 2 aromatic rings. The number of nitrogens with zero attached hydrogens (tertiary/aromatic N) is 1. The Morgan fingerprint density at radius 2 is 1.95 bits per heavy atom. The van der Waals surface area contributed by atoms with Crippen LogP contribution in [0.2, 0.25) is 0 Å². The number of pyridine rings is 1. The number of hydrogen-bond acceptors (Lipinski definition) is 3. The van der Waals surface area contributed by atoms with Gasteiger partial charge in [-0.15, -0.1) is 0 Å². The molecule has 4 nitrogen and oxygen atoms in total. The van der Waals surface area contributed by atoms with Gasteiger partial charge in [-0.05, 0) is 30.5 Å². The van der Waals surface area contributed by atoms with E-state index >= 15 is 0 Å². The van der Waals surface area contributed by atoms with Gasteiger partial charge in [0.2, 0.25) is 0 Å². The Labute approximate surface area is 125 Å². The standard InChI is InChI=1S/C17H21N3O/c1-2-10-20-17(21)15-9-12-19-16(13-15)18-11-8-14-6-4-3-5-7-14/h3-7,9,12-13H,2,8,10-11H2,1H3,(H,18,19)(H,20,21). The summed E-state index contributed by atoms with van der Waals surface area (Å²) in [5.41, 5.74) is 1.92. The molecule has 0 fully saturated rings. The lowest BCUT2D eigenvalue weighted by atomic mass is 10.1. The summed E-state index contributed by atoms with van der Waals surface area (Å²) >= 11 is 0. The minimum absolute atomic E-state index is 0.0506. The Morgan fingerprint density at radius 3 is 2.71 bits per heavy atom. The van der Waals surface area contributed by atoms with Crippen molar-refractivity contribution in [1.29, 1.82) is 0 Å². The Morgan fingerprint density at radius 1 is 1.14 bits per heavy atom. The minimum atomic E-state index is -0.0506. The van der Waals surface area contributed by atoms with Crippen molar-refractivity contribution in [2.45, 2.75) is 19.8 Å². The molecule has 0 saturated heterocycles. The molecule has 0 radical (unpaired) electrons. The summed E-state index contributed by atoms with van der Waals surface area (Å²) in [6.45, 7) is 3.51. The molecule has 0 aliphatic carbocycles. The predicted molar refractivity (Wildman–Crippen MR) is 85.5 cm³/mol. The molecular formula is C17H21N3O. The summed E-state index contributed by atoms with van der Waals surface area (Å²) in [4.78, 5) is 16.1. The van der Waals surface area contributed by atoms with Crippen LogP contribution in [0.3, 0.4) is 0 Å². The summed E-state index contributed by atoms with van der Waals surface area (Å²) < 4.78 is 0. The number of hydrogen-bond donors (Lipinski definition) is 2. The van der Waals surface area contributed by atoms with Gasteiger partial charge in [-0.25, -0.2) is 4.98 Å². The third-order valence-corrected chi connectivity index (χ3v) is 3.12. The second-order valence-corrected chi connectivity index (χ2v) is 4.85. The van der Waals surface area contributed by atoms with Crippen LogP contribution in [0.15, 0.2) is 48.7 Å². The van der Waals surface area contributed by atoms with Gasteiger partial charge in [-0.1, -0.05) is 37.3 Å². The summed E-state index contributed by atoms with van der Waals surface area (Å²) in [5.74, 6) is 0.681. The van der Waals surface area contributed by atoms with Crippen LogP contribution < -0.4 is 10.6 Å². The van der Waals surface area contributed by atoms with Gasteiger partial charge in [0.25, 0.3) is 5.91 Å². The molecule has 2 rings (SSSR count). The highest BCUT2D eigenvalue weighted by Gasteiger charge is 2.05. The normalized spacial score (nSPS) is 10.1. The zero-order valence-corrected chi connectivity index (χ0v) is 12.3. The van der Waals surface area contributed by atoms with Gasteiger partial charge >= 0.3 is 0 Å². The van der Waals surface area contributed by atoms with E-state index in [0.29, 0.717) is 12.1 Å². The first-order valence-corrected chi connectivity index (χ1v) is 7.31. The molecule has 0 spiro atoms. The number of anilines is 1. The second kappa shape index (κ2) is 8.04. The largest absolute Gasteiger partial charge is 0.370 e. The fourth-order valence-corrected chi connectivity index (χ4v) is 1.99. The highest BCUT2D eigenvalue weighted by atomic mass is 16.1. The summed E-state index contributed by atoms with van der Waals surface area (Å²) in [6, 6.07) is 13.8. The molecule has 1 aromatic carbocycles. The molecule has 0 aliphatic heterocycles. The predicted octanol–water partition coefficient (Wildman–Crippen LogP) is 2.88. The fraction of sp³-hybridized carbons (Fsp3) is 0.294. The van der Waals surface area contributed by atoms with Crippen molar-refractivity contribution in [1.82, 2.24) is 10.3 Å². The number of nitrogens with one attached hydrogen (secondary N) is 2. The lowest BCUT2D eigenvalue weighted by Crippen LogP contribution is -2.24. The minimum Gasteiger partial charge on any atom is -0.370 e. The highest BCUT2D eigenvalue weighted by Crippen LogP contribution is 2.07. The Bertz CT molecular complexity index is 569. The van der Waals surface area contributed by atoms with E-state index < -0.39 is 0 Å². The SMILES string of the molecule is CCCNC(=O)c1ccnc(NCCc2ccccc2)c1. The zero-order valence-electron chi connectivity index (χ0n) is 12.3. The third-order valence-electron chi connectivity index (χ3n) is 3.12. The van der Waals surface area contributed by atoms with Crippen molar-refractivity contribution in [2.75, 3.05) is 18.4 Å². The molecule has 0 atom stereocenters. The summed E-state index contributed by atoms with van der Waals surface area (Å²) in [6.07, 6.45) is 3.51. The number of carbonyl (C=O) groups excluding carboxylic acids is 1. The van der Waals surface area contributed by atoms with Crippen LogP contribution in [-0.4, -0.2) is 24.0 Å². The first-order valence-electron chi connectivity index (χ1n) is 7.31. The van der Waals surface area contributed by atoms with Gasteiger partial charge in [0.1, 0.15) is 5.82 Å². The molecule has 0 bridgehead atoms. The molecule has 0 saturated carbocycles. The van der Waals surface area contributed by atoms with E-state index in [-0.39, 0.29) is 5.91 Å². The van der Waals surface area contributed by atoms with Crippen molar-refractivity contribution < 1.29 is 4.79 Å². The van der Waals surface area contributed by atoms with E-state index in [0.717, 1.165) is 25.2 Å². The Hall–Kier alpha value is -2.36. The first-order chi connectivity index (χ1) is 10.3. The average Bonchev–Trinajstić information content (AvgIpc) is 2.54. The average molecular weight is 283 g/mol. The lowest BCUT2D eigenvalue weighted by Gasteiger charge is -2.08. The monoisotopic (exact) mass is 283 g/mol. The maximum atomic E-state index is 11.9. The first kappa shape index (κ1) is 15.0. The van der Waals surface area contributed by atoms with Crippen LogP contribution in [0, 0.1) is 0 Å². The maximum absolute atomic E-state index is 11.9. The van der Waals surface area contributed by atoms with E-state index in [4.69, 9.17) is 0 Å². The Kier molecular flexibility index (Phi) is 5.76. The van der Waals surface area contributed by atoms with Crippen LogP contribution in [0.5, 0.6) is 0 Å². The van der Waals surface area contributed by atoms with Crippen molar-refractivity contribution in [3.8, 4) is 0 Å². The molecule has 0 aliphatic rings. The zero-order chi connectivity index (χ0) is 14.9. The van der Waals surface area contributed by atoms with Gasteiger partial charge in [0, 0.05) is 24.8 Å². The van der Waals surface area contributed by atoms with Crippen LogP contribution in [0.25, 0.3) is 0 Å². The molecule has 4 heteroatoms. The molecule has 0 unspecified atom stereocenters. The van der Waals surface area contributed by atoms with Gasteiger partial charge < -0.3 is 10.6 Å². The molecule has 1 aromatic heterocycles. The van der Waals surface area contributed by atoms with E-state index in [1.54, 1.807) is 18.3 Å². The fourth-order valence-electron chi connectivity index (χ4n) is 1.99. The third kappa shape index (κ3) is 4.91. The second-order valence-electron chi connectivity index (χ2n) is 4.85. The quantitative estimate of drug-likeness (QED) is 0.821. The van der Waals surface area contributed by atoms with Gasteiger partial charge in [0.15, 0.2) is 0 Å². The van der Waals surface area contributed by atoms with E-state index in [2.05, 4.69) is 27.8 Å². The molecule has 2 N–H and O–H groups in total. The highest BCUT2D eigenvalue weighted by molar-refractivity contribution is 5.94. The van der Waals surface area contributed by atoms with Crippen LogP contribution in [-0.2, 0) is 6.42 Å². The molecule has 1 heterocycles. The number of amides is 1. The van der Waals surface area contributed by atoms with Crippen LogP contribution in [0.1, 0.15) is 29.3 Å². The van der Waals surface area contributed by atoms with Crippen molar-refractivity contribution in [2.24, 2.45) is 0 Å². The smallest absolute Gasteiger partial charge is 0.251 e. The number of rotatable bonds is 7. The van der Waals surface area contributed by atoms with Gasteiger partial charge in [0.05, 0.1) is 0 Å². The number of carbonyl (C=O) groups is 1. The maximum Gasteiger partial charge on any atom is 0.251 e. The molecule has 1 amide bonds. The lowest BCUT2D eigenvalue weighted by molar-refractivity contribution is 0.0953. The molecule has 21 heavy (non-hydrogen) atoms. The van der Waals surface area contributed by atoms with Gasteiger partial charge in [-0.3, -0.25) is 4.79 Å². The van der Waals surface area contributed by atoms with Crippen LogP contribution in [0.4, 0.5) is 5.82 Å². The summed E-state index contributed by atoms with van der Waals surface area (Å²) in [7, 11) is 0. The molecule has 110 valence electrons. The molecular weight excluding hydrogens is 262 g/mol. The Balaban J connectivity index is 1.87. The van der Waals surface area contributed by atoms with E-state index in [1.165, 1.54) is 5.56 Å². The van der Waals surface area contributed by atoms with E-state index in [9.17, 15) is 4.79 Å². The van der Waals surface area contributed by atoms with Crippen molar-refractivity contribution in [3.63, 3.8) is 0 Å². The van der Waals surface area contributed by atoms with Crippen LogP contribution >= 0.6 is 0 Å².